The Morgan fingerprint density at radius 3 is 2.58 bits per heavy atom. The normalized spacial score (nSPS) is 11.2. The van der Waals surface area contributed by atoms with E-state index in [1.807, 2.05) is 45.0 Å². The minimum Gasteiger partial charge on any atom is -0.383 e. The molecule has 10 nitrogen and oxygen atoms in total. The molecule has 3 N–H and O–H groups in total. The second-order valence-electron chi connectivity index (χ2n) is 8.29. The van der Waals surface area contributed by atoms with Crippen LogP contribution in [-0.2, 0) is 11.3 Å². The molecule has 3 rings (SSSR count). The number of rotatable bonds is 8. The number of nitrogens with zero attached hydrogens (tertiary/aromatic N) is 4. The molecule has 0 aliphatic rings. The van der Waals surface area contributed by atoms with Gasteiger partial charge in [0.1, 0.15) is 5.82 Å². The lowest BCUT2D eigenvalue weighted by molar-refractivity contribution is 0.0975. The minimum absolute atomic E-state index is 0.0640. The Kier molecular flexibility index (Phi) is 7.17. The first-order valence-corrected chi connectivity index (χ1v) is 10.7. The van der Waals surface area contributed by atoms with E-state index in [1.165, 1.54) is 22.8 Å². The van der Waals surface area contributed by atoms with Crippen molar-refractivity contribution in [2.24, 2.45) is 5.92 Å². The fraction of sp³-hybridized carbons (Fsp3) is 0.391. The molecule has 10 heteroatoms. The van der Waals surface area contributed by atoms with Gasteiger partial charge in [0.15, 0.2) is 5.69 Å². The van der Waals surface area contributed by atoms with Crippen LogP contribution in [0.5, 0.6) is 0 Å². The Balaban J connectivity index is 2.12. The first-order chi connectivity index (χ1) is 15.7. The number of nitrogens with one attached hydrogen (secondary N) is 1. The van der Waals surface area contributed by atoms with Gasteiger partial charge < -0.3 is 10.5 Å². The van der Waals surface area contributed by atoms with E-state index in [9.17, 15) is 14.4 Å². The molecule has 0 radical (unpaired) electrons. The van der Waals surface area contributed by atoms with Crippen LogP contribution in [0.4, 0.5) is 11.5 Å². The summed E-state index contributed by atoms with van der Waals surface area (Å²) in [7, 11) is 1.50. The van der Waals surface area contributed by atoms with Gasteiger partial charge in [-0.2, -0.15) is 5.10 Å². The summed E-state index contributed by atoms with van der Waals surface area (Å²) in [4.78, 5) is 42.3. The zero-order chi connectivity index (χ0) is 24.3. The number of nitrogens with two attached hydrogens (primary N) is 1. The molecule has 0 saturated carbocycles. The summed E-state index contributed by atoms with van der Waals surface area (Å²) >= 11 is 0. The number of aromatic nitrogens is 4. The molecule has 3 aromatic rings. The monoisotopic (exact) mass is 454 g/mol. The van der Waals surface area contributed by atoms with Crippen molar-refractivity contribution in [3.63, 3.8) is 0 Å². The van der Waals surface area contributed by atoms with Crippen molar-refractivity contribution < 1.29 is 9.53 Å². The van der Waals surface area contributed by atoms with Crippen LogP contribution in [0.2, 0.25) is 0 Å². The molecule has 176 valence electrons. The van der Waals surface area contributed by atoms with Gasteiger partial charge in [-0.15, -0.1) is 0 Å². The highest BCUT2D eigenvalue weighted by atomic mass is 16.5. The van der Waals surface area contributed by atoms with E-state index in [-0.39, 0.29) is 30.6 Å². The molecule has 0 unspecified atom stereocenters. The molecule has 0 fully saturated rings. The van der Waals surface area contributed by atoms with Crippen molar-refractivity contribution in [2.75, 3.05) is 30.9 Å². The van der Waals surface area contributed by atoms with E-state index < -0.39 is 17.2 Å². The smallest absolute Gasteiger partial charge is 0.330 e. The summed E-state index contributed by atoms with van der Waals surface area (Å²) in [5.41, 5.74) is 7.61. The van der Waals surface area contributed by atoms with Gasteiger partial charge in [-0.3, -0.25) is 24.0 Å². The second-order valence-corrected chi connectivity index (χ2v) is 8.29. The molecule has 33 heavy (non-hydrogen) atoms. The molecule has 1 amide bonds. The third kappa shape index (κ3) is 4.75. The van der Waals surface area contributed by atoms with Crippen LogP contribution in [0.15, 0.2) is 40.1 Å². The van der Waals surface area contributed by atoms with E-state index >= 15 is 0 Å². The maximum atomic E-state index is 13.6. The summed E-state index contributed by atoms with van der Waals surface area (Å²) in [6.07, 6.45) is 1.47. The second kappa shape index (κ2) is 9.86. The lowest BCUT2D eigenvalue weighted by atomic mass is 10.1. The number of para-hydroxylation sites is 1. The Morgan fingerprint density at radius 1 is 1.24 bits per heavy atom. The highest BCUT2D eigenvalue weighted by Crippen LogP contribution is 2.23. The number of anilines is 2. The van der Waals surface area contributed by atoms with Crippen molar-refractivity contribution >= 4 is 17.4 Å². The summed E-state index contributed by atoms with van der Waals surface area (Å²) < 4.78 is 8.12. The Morgan fingerprint density at radius 2 is 1.94 bits per heavy atom. The largest absolute Gasteiger partial charge is 0.383 e. The van der Waals surface area contributed by atoms with Crippen molar-refractivity contribution in [1.82, 2.24) is 19.3 Å². The third-order valence-corrected chi connectivity index (χ3v) is 5.38. The summed E-state index contributed by atoms with van der Waals surface area (Å²) in [5, 5.41) is 4.41. The fourth-order valence-electron chi connectivity index (χ4n) is 3.69. The van der Waals surface area contributed by atoms with Gasteiger partial charge >= 0.3 is 5.69 Å². The van der Waals surface area contributed by atoms with Crippen LogP contribution in [0, 0.1) is 19.8 Å². The standard InChI is InChI=1S/C23H30N6O4/c1-14(2)13-28-20(24)19(21(30)26-23(28)32)27(10-11-33-5)22(31)17-12-25-29(16(17)4)18-9-7-6-8-15(18)3/h6-9,12,14H,10-11,13,24H2,1-5H3,(H,26,30,32). The first-order valence-electron chi connectivity index (χ1n) is 10.7. The maximum Gasteiger partial charge on any atom is 0.330 e. The van der Waals surface area contributed by atoms with Crippen LogP contribution in [0.1, 0.15) is 35.5 Å². The predicted octanol–water partition coefficient (Wildman–Crippen LogP) is 1.87. The highest BCUT2D eigenvalue weighted by molar-refractivity contribution is 6.07. The number of nitrogen functional groups attached to an aromatic ring is 1. The quantitative estimate of drug-likeness (QED) is 0.535. The molecule has 0 spiro atoms. The van der Waals surface area contributed by atoms with E-state index in [4.69, 9.17) is 10.5 Å². The van der Waals surface area contributed by atoms with Gasteiger partial charge in [0, 0.05) is 20.2 Å². The Hall–Kier alpha value is -3.66. The van der Waals surface area contributed by atoms with Crippen molar-refractivity contribution in [1.29, 1.82) is 0 Å². The Labute approximate surface area is 191 Å². The van der Waals surface area contributed by atoms with Gasteiger partial charge in [0.05, 0.1) is 29.7 Å². The number of benzene rings is 1. The summed E-state index contributed by atoms with van der Waals surface area (Å²) in [5.74, 6) is -0.427. The molecule has 0 atom stereocenters. The molecule has 2 aromatic heterocycles. The zero-order valence-electron chi connectivity index (χ0n) is 19.6. The van der Waals surface area contributed by atoms with Gasteiger partial charge in [0.2, 0.25) is 0 Å². The molecule has 2 heterocycles. The number of amides is 1. The van der Waals surface area contributed by atoms with Gasteiger partial charge in [0.25, 0.3) is 11.5 Å². The van der Waals surface area contributed by atoms with E-state index in [2.05, 4.69) is 10.1 Å². The third-order valence-electron chi connectivity index (χ3n) is 5.38. The fourth-order valence-corrected chi connectivity index (χ4v) is 3.69. The van der Waals surface area contributed by atoms with E-state index in [1.54, 1.807) is 11.6 Å². The number of aromatic amines is 1. The minimum atomic E-state index is -0.731. The average Bonchev–Trinajstić information content (AvgIpc) is 3.14. The number of H-pyrrole nitrogens is 1. The predicted molar refractivity (Wildman–Crippen MR) is 127 cm³/mol. The SMILES string of the molecule is COCCN(C(=O)c1cnn(-c2ccccc2C)c1C)c1c(N)n(CC(C)C)c(=O)[nH]c1=O. The lowest BCUT2D eigenvalue weighted by Crippen LogP contribution is -2.43. The lowest BCUT2D eigenvalue weighted by Gasteiger charge is -2.24. The number of hydrogen-bond acceptors (Lipinski definition) is 6. The highest BCUT2D eigenvalue weighted by Gasteiger charge is 2.28. The van der Waals surface area contributed by atoms with Crippen LogP contribution in [0.3, 0.4) is 0 Å². The molecule has 0 bridgehead atoms. The molecular weight excluding hydrogens is 424 g/mol. The van der Waals surface area contributed by atoms with Crippen LogP contribution < -0.4 is 21.9 Å². The van der Waals surface area contributed by atoms with Gasteiger partial charge in [-0.25, -0.2) is 9.48 Å². The average molecular weight is 455 g/mol. The van der Waals surface area contributed by atoms with E-state index in [0.717, 1.165) is 11.3 Å². The number of carbonyl (C=O) groups is 1. The first kappa shape index (κ1) is 24.0. The van der Waals surface area contributed by atoms with Crippen LogP contribution in [0.25, 0.3) is 5.69 Å². The Bertz CT molecular complexity index is 1270. The number of ether oxygens (including phenoxy) is 1. The van der Waals surface area contributed by atoms with Crippen molar-refractivity contribution in [3.05, 3.63) is 68.1 Å². The van der Waals surface area contributed by atoms with E-state index in [0.29, 0.717) is 17.8 Å². The molecule has 0 aliphatic carbocycles. The number of aryl methyl sites for hydroxylation is 1. The topological polar surface area (TPSA) is 128 Å². The summed E-state index contributed by atoms with van der Waals surface area (Å²) in [6, 6.07) is 7.70. The summed E-state index contributed by atoms with van der Waals surface area (Å²) in [6.45, 7) is 8.12. The number of carbonyl (C=O) groups excluding carboxylic acids is 1. The maximum absolute atomic E-state index is 13.6. The van der Waals surface area contributed by atoms with Crippen LogP contribution in [-0.4, -0.2) is 45.5 Å². The van der Waals surface area contributed by atoms with Crippen LogP contribution >= 0.6 is 0 Å². The molecule has 0 aliphatic heterocycles. The van der Waals surface area contributed by atoms with Crippen molar-refractivity contribution in [2.45, 2.75) is 34.2 Å². The van der Waals surface area contributed by atoms with Gasteiger partial charge in [-0.1, -0.05) is 32.0 Å². The molecule has 1 aromatic carbocycles. The molecule has 0 saturated heterocycles. The van der Waals surface area contributed by atoms with Crippen molar-refractivity contribution in [3.8, 4) is 5.69 Å². The van der Waals surface area contributed by atoms with Gasteiger partial charge in [-0.05, 0) is 31.4 Å². The number of methoxy groups -OCH3 is 1. The molecular formula is C23H30N6O4. The zero-order valence-corrected chi connectivity index (χ0v) is 19.6. The number of hydrogen-bond donors (Lipinski definition) is 2.